The first kappa shape index (κ1) is 32.4. The number of aryl methyl sites for hydroxylation is 1. The normalized spacial score (nSPS) is 12.5. The number of rotatable bonds is 8. The Kier molecular flexibility index (Phi) is 8.72. The number of carbonyl (C=O) groups is 2. The van der Waals surface area contributed by atoms with Crippen LogP contribution in [-0.4, -0.2) is 60.3 Å². The van der Waals surface area contributed by atoms with Crippen molar-refractivity contribution in [1.29, 1.82) is 0 Å². The van der Waals surface area contributed by atoms with Gasteiger partial charge >= 0.3 is 5.97 Å². The van der Waals surface area contributed by atoms with Gasteiger partial charge in [0.15, 0.2) is 5.65 Å². The highest BCUT2D eigenvalue weighted by Crippen LogP contribution is 2.39. The van der Waals surface area contributed by atoms with Gasteiger partial charge in [-0.25, -0.2) is 17.4 Å². The summed E-state index contributed by atoms with van der Waals surface area (Å²) in [4.78, 5) is 36.5. The highest BCUT2D eigenvalue weighted by atomic mass is 32.2. The molecule has 2 aromatic carbocycles. The van der Waals surface area contributed by atoms with Gasteiger partial charge in [-0.1, -0.05) is 35.9 Å². The van der Waals surface area contributed by atoms with Gasteiger partial charge in [0, 0.05) is 72.1 Å². The van der Waals surface area contributed by atoms with Crippen LogP contribution < -0.4 is 4.74 Å². The number of esters is 1. The smallest absolute Gasteiger partial charge is 0.312 e. The zero-order valence-electron chi connectivity index (χ0n) is 26.8. The Hall–Kier alpha value is -5.03. The minimum Gasteiger partial charge on any atom is -0.496 e. The summed E-state index contributed by atoms with van der Waals surface area (Å²) in [6, 6.07) is 17.5. The van der Waals surface area contributed by atoms with Gasteiger partial charge in [-0.2, -0.15) is 0 Å². The zero-order valence-corrected chi connectivity index (χ0v) is 27.6. The van der Waals surface area contributed by atoms with Crippen LogP contribution in [0.25, 0.3) is 33.3 Å². The number of ether oxygens (including phenoxy) is 2. The van der Waals surface area contributed by atoms with Gasteiger partial charge in [0.25, 0.3) is 15.9 Å². The van der Waals surface area contributed by atoms with Gasteiger partial charge in [-0.3, -0.25) is 14.6 Å². The average molecular weight is 641 g/mol. The SMILES string of the molecule is COc1ccccc1-c1cn(S(=O)(=O)c2ccc(C)cc2)c2ncc(-c3cncc(C(OC(=O)C(C)(C)C)C(=O)N(C)C)c3)cc12. The van der Waals surface area contributed by atoms with E-state index in [0.717, 1.165) is 5.56 Å². The minimum absolute atomic E-state index is 0.130. The first-order chi connectivity index (χ1) is 21.7. The Labute approximate surface area is 268 Å². The molecule has 0 radical (unpaired) electrons. The highest BCUT2D eigenvalue weighted by Gasteiger charge is 2.32. The zero-order chi connectivity index (χ0) is 33.4. The molecule has 0 aliphatic carbocycles. The van der Waals surface area contributed by atoms with Gasteiger partial charge in [-0.05, 0) is 58.0 Å². The lowest BCUT2D eigenvalue weighted by molar-refractivity contribution is -0.166. The van der Waals surface area contributed by atoms with E-state index in [4.69, 9.17) is 9.47 Å². The largest absolute Gasteiger partial charge is 0.496 e. The summed E-state index contributed by atoms with van der Waals surface area (Å²) < 4.78 is 40.4. The number of para-hydroxylation sites is 1. The second kappa shape index (κ2) is 12.4. The van der Waals surface area contributed by atoms with Gasteiger partial charge in [-0.15, -0.1) is 0 Å². The van der Waals surface area contributed by atoms with Crippen molar-refractivity contribution in [2.75, 3.05) is 21.2 Å². The van der Waals surface area contributed by atoms with Crippen molar-refractivity contribution in [2.24, 2.45) is 5.41 Å². The fraction of sp³-hybridized carbons (Fsp3) is 0.257. The number of hydrogen-bond donors (Lipinski definition) is 0. The van der Waals surface area contributed by atoms with E-state index in [1.165, 1.54) is 15.1 Å². The van der Waals surface area contributed by atoms with Crippen molar-refractivity contribution in [3.63, 3.8) is 0 Å². The maximum atomic E-state index is 13.9. The highest BCUT2D eigenvalue weighted by molar-refractivity contribution is 7.90. The van der Waals surface area contributed by atoms with E-state index < -0.39 is 33.4 Å². The molecule has 238 valence electrons. The lowest BCUT2D eigenvalue weighted by atomic mass is 9.97. The van der Waals surface area contributed by atoms with Gasteiger partial charge in [0.05, 0.1) is 17.4 Å². The van der Waals surface area contributed by atoms with Crippen molar-refractivity contribution in [2.45, 2.75) is 38.7 Å². The van der Waals surface area contributed by atoms with E-state index >= 15 is 0 Å². The van der Waals surface area contributed by atoms with Crippen molar-refractivity contribution in [1.82, 2.24) is 18.8 Å². The van der Waals surface area contributed by atoms with Gasteiger partial charge < -0.3 is 14.4 Å². The second-order valence-corrected chi connectivity index (χ2v) is 14.0. The van der Waals surface area contributed by atoms with Crippen molar-refractivity contribution in [3.05, 3.63) is 96.6 Å². The topological polar surface area (TPSA) is 121 Å². The molecule has 11 heteroatoms. The molecule has 0 aliphatic rings. The van der Waals surface area contributed by atoms with Crippen LogP contribution in [0.15, 0.2) is 90.3 Å². The standard InChI is InChI=1S/C35H36N4O6S/c1-22-12-14-26(15-13-22)46(42,43)39-21-29(27-10-8-9-11-30(27)44-7)28-17-24(20-37-32(28)39)23-16-25(19-36-18-23)31(33(40)38(5)6)45-34(41)35(2,3)4/h8-21,31H,1-7H3. The number of amides is 1. The first-order valence-corrected chi connectivity index (χ1v) is 16.0. The fourth-order valence-electron chi connectivity index (χ4n) is 4.86. The number of nitrogens with zero attached hydrogens (tertiary/aromatic N) is 4. The summed E-state index contributed by atoms with van der Waals surface area (Å²) in [5.41, 5.74) is 3.22. The van der Waals surface area contributed by atoms with Crippen LogP contribution in [0.2, 0.25) is 0 Å². The summed E-state index contributed by atoms with van der Waals surface area (Å²) >= 11 is 0. The summed E-state index contributed by atoms with van der Waals surface area (Å²) in [5.74, 6) is -0.380. The van der Waals surface area contributed by atoms with Crippen LogP contribution in [0.1, 0.15) is 38.0 Å². The number of methoxy groups -OCH3 is 1. The van der Waals surface area contributed by atoms with E-state index in [0.29, 0.717) is 39.0 Å². The summed E-state index contributed by atoms with van der Waals surface area (Å²) in [6.07, 6.45) is 5.00. The molecule has 1 unspecified atom stereocenters. The third-order valence-corrected chi connectivity index (χ3v) is 9.15. The van der Waals surface area contributed by atoms with Gasteiger partial charge in [0.1, 0.15) is 5.75 Å². The summed E-state index contributed by atoms with van der Waals surface area (Å²) in [7, 11) is 0.715. The van der Waals surface area contributed by atoms with E-state index in [2.05, 4.69) is 9.97 Å². The Morgan fingerprint density at radius 1 is 0.913 bits per heavy atom. The molecule has 0 fully saturated rings. The second-order valence-electron chi connectivity index (χ2n) is 12.2. The van der Waals surface area contributed by atoms with Gasteiger partial charge in [0.2, 0.25) is 6.10 Å². The van der Waals surface area contributed by atoms with Crippen LogP contribution in [0, 0.1) is 12.3 Å². The van der Waals surface area contributed by atoms with Crippen LogP contribution in [0.5, 0.6) is 5.75 Å². The number of carbonyl (C=O) groups excluding carboxylic acids is 2. The average Bonchev–Trinajstić information content (AvgIpc) is 3.42. The van der Waals surface area contributed by atoms with E-state index in [9.17, 15) is 18.0 Å². The molecule has 0 saturated heterocycles. The molecule has 10 nitrogen and oxygen atoms in total. The molecule has 3 heterocycles. The number of hydrogen-bond acceptors (Lipinski definition) is 8. The lowest BCUT2D eigenvalue weighted by Crippen LogP contribution is -2.34. The molecule has 1 atom stereocenters. The van der Waals surface area contributed by atoms with Crippen molar-refractivity contribution in [3.8, 4) is 28.0 Å². The van der Waals surface area contributed by atoms with Crippen LogP contribution >= 0.6 is 0 Å². The fourth-order valence-corrected chi connectivity index (χ4v) is 6.19. The van der Waals surface area contributed by atoms with Crippen LogP contribution in [-0.2, 0) is 24.3 Å². The third-order valence-electron chi connectivity index (χ3n) is 7.48. The molecular formula is C35H36N4O6S. The predicted octanol–water partition coefficient (Wildman–Crippen LogP) is 6.04. The van der Waals surface area contributed by atoms with E-state index in [1.807, 2.05) is 31.2 Å². The van der Waals surface area contributed by atoms with Crippen molar-refractivity contribution < 1.29 is 27.5 Å². The maximum absolute atomic E-state index is 13.9. The molecule has 46 heavy (non-hydrogen) atoms. The number of aromatic nitrogens is 3. The summed E-state index contributed by atoms with van der Waals surface area (Å²) in [6.45, 7) is 7.03. The Morgan fingerprint density at radius 3 is 2.24 bits per heavy atom. The molecule has 0 bridgehead atoms. The maximum Gasteiger partial charge on any atom is 0.312 e. The molecule has 3 aromatic heterocycles. The Bertz CT molecular complexity index is 2040. The van der Waals surface area contributed by atoms with Crippen LogP contribution in [0.4, 0.5) is 0 Å². The molecule has 1 amide bonds. The quantitative estimate of drug-likeness (QED) is 0.188. The Balaban J connectivity index is 1.69. The first-order valence-electron chi connectivity index (χ1n) is 14.6. The number of pyridine rings is 2. The molecule has 0 spiro atoms. The van der Waals surface area contributed by atoms with Crippen molar-refractivity contribution >= 4 is 32.9 Å². The van der Waals surface area contributed by atoms with Crippen LogP contribution in [0.3, 0.4) is 0 Å². The summed E-state index contributed by atoms with van der Waals surface area (Å²) in [5, 5.41) is 0.558. The monoisotopic (exact) mass is 640 g/mol. The van der Waals surface area contributed by atoms with E-state index in [1.54, 1.807) is 97.0 Å². The number of benzene rings is 2. The predicted molar refractivity (Wildman–Crippen MR) is 176 cm³/mol. The minimum atomic E-state index is -4.02. The molecule has 5 rings (SSSR count). The molecule has 0 saturated carbocycles. The van der Waals surface area contributed by atoms with E-state index in [-0.39, 0.29) is 10.5 Å². The number of fused-ring (bicyclic) bond motifs is 1. The Morgan fingerprint density at radius 2 is 1.59 bits per heavy atom. The molecular weight excluding hydrogens is 604 g/mol. The third kappa shape index (κ3) is 6.23. The lowest BCUT2D eigenvalue weighted by Gasteiger charge is -2.25. The number of likely N-dealkylation sites (N-methyl/N-ethyl adjacent to an activating group) is 1. The molecule has 5 aromatic rings. The molecule has 0 N–H and O–H groups in total. The molecule has 0 aliphatic heterocycles.